The van der Waals surface area contributed by atoms with Gasteiger partial charge in [-0.2, -0.15) is 0 Å². The van der Waals surface area contributed by atoms with Crippen LogP contribution in [0.4, 0.5) is 0 Å². The third-order valence-electron chi connectivity index (χ3n) is 15.0. The Morgan fingerprint density at radius 3 is 1.46 bits per heavy atom. The Bertz CT molecular complexity index is 2770. The minimum atomic E-state index is -1.15. The van der Waals surface area contributed by atoms with Crippen molar-refractivity contribution in [2.75, 3.05) is 6.61 Å². The molecule has 0 atom stereocenters. The van der Waals surface area contributed by atoms with Gasteiger partial charge >= 0.3 is 59.4 Å². The maximum absolute atomic E-state index is 12.8. The molecule has 3 aromatic rings. The van der Waals surface area contributed by atoms with Crippen molar-refractivity contribution in [2.24, 2.45) is 10.8 Å². The predicted molar refractivity (Wildman–Crippen MR) is 311 cm³/mol. The van der Waals surface area contributed by atoms with Crippen LogP contribution in [0.5, 0.6) is 0 Å². The van der Waals surface area contributed by atoms with E-state index in [2.05, 4.69) is 0 Å². The molecule has 0 amide bonds. The van der Waals surface area contributed by atoms with Crippen molar-refractivity contribution in [3.8, 4) is 0 Å². The Hall–Kier alpha value is -3.01. The zero-order chi connectivity index (χ0) is 57.8. The van der Waals surface area contributed by atoms with Crippen LogP contribution < -0.4 is 34.7 Å². The van der Waals surface area contributed by atoms with Crippen LogP contribution >= 0.6 is 81.2 Å². The van der Waals surface area contributed by atoms with Crippen molar-refractivity contribution in [1.29, 1.82) is 0 Å². The standard InChI is InChI=1S/C21H24Cl2O4.C17H20Cl2O4.C15H14Cl2O3.C6H11ClO.CH4.Na/c1-4-20(2,3)19(25)26-17-16(14-9-8-13(22)12-15(14)23)18(24)27-21(17)10-6-5-7-11-21;1-2-22-16(21)17(8-4-3-5-9-17)23-15(20)10-12-6-7-13(18)11-14(12)19;16-9-4-5-10(11(17)8-9)12-13(18)15(20-14(12)19)6-2-1-3-7-15;1-4-6(2,3)5(7)8;;/h8-9,12H,4-7,10-11H2,1-3H3;6-7,11H,2-5,8-10H2,1H3;4-5,8,18H,1-3,6-7H2;4H2,1-3H3;1H4;/q;;;;;+1/p-1. The molecule has 3 aliphatic carbocycles. The van der Waals surface area contributed by atoms with Gasteiger partial charge in [0.2, 0.25) is 10.8 Å². The largest absolute Gasteiger partial charge is 1.00 e. The average Bonchev–Trinajstić information content (AvgIpc) is 3.78. The summed E-state index contributed by atoms with van der Waals surface area (Å²) in [6, 6.07) is 14.6. The number of esters is 5. The van der Waals surface area contributed by atoms with E-state index in [1.54, 1.807) is 55.5 Å². The van der Waals surface area contributed by atoms with E-state index in [4.69, 9.17) is 105 Å². The molecule has 3 saturated carbocycles. The van der Waals surface area contributed by atoms with Crippen LogP contribution in [-0.4, -0.2) is 58.5 Å². The summed E-state index contributed by atoms with van der Waals surface area (Å²) in [4.78, 5) is 72.8. The smallest absolute Gasteiger partial charge is 0.872 e. The fourth-order valence-electron chi connectivity index (χ4n) is 9.41. The average molecular weight is 1260 g/mol. The van der Waals surface area contributed by atoms with E-state index >= 15 is 0 Å². The van der Waals surface area contributed by atoms with Crippen molar-refractivity contribution in [2.45, 2.75) is 188 Å². The summed E-state index contributed by atoms with van der Waals surface area (Å²) < 4.78 is 27.8. The van der Waals surface area contributed by atoms with Gasteiger partial charge in [-0.3, -0.25) is 14.4 Å². The van der Waals surface area contributed by atoms with Crippen molar-refractivity contribution in [1.82, 2.24) is 0 Å². The molecule has 0 saturated heterocycles. The molecule has 3 fully saturated rings. The Morgan fingerprint density at radius 2 is 1.02 bits per heavy atom. The number of benzene rings is 3. The number of hydrogen-bond donors (Lipinski definition) is 0. The molecule has 80 heavy (non-hydrogen) atoms. The van der Waals surface area contributed by atoms with Crippen LogP contribution in [0.15, 0.2) is 66.1 Å². The van der Waals surface area contributed by atoms with Crippen LogP contribution in [0.3, 0.4) is 0 Å². The Morgan fingerprint density at radius 1 is 0.600 bits per heavy atom. The second kappa shape index (κ2) is 31.2. The van der Waals surface area contributed by atoms with E-state index in [0.29, 0.717) is 97.5 Å². The zero-order valence-electron chi connectivity index (χ0n) is 46.2. The van der Waals surface area contributed by atoms with Gasteiger partial charge in [0.25, 0.3) is 0 Å². The number of hydrogen-bond acceptors (Lipinski definition) is 12. The van der Waals surface area contributed by atoms with Crippen molar-refractivity contribution in [3.63, 3.8) is 0 Å². The van der Waals surface area contributed by atoms with Gasteiger partial charge in [-0.25, -0.2) is 14.4 Å². The number of halogens is 7. The van der Waals surface area contributed by atoms with E-state index in [1.165, 1.54) is 6.07 Å². The molecule has 0 aromatic heterocycles. The first-order chi connectivity index (χ1) is 36.7. The first-order valence-electron chi connectivity index (χ1n) is 26.5. The Labute approximate surface area is 528 Å². The molecule has 2 heterocycles. The molecule has 8 rings (SSSR count). The minimum absolute atomic E-state index is 0. The number of carbonyl (C=O) groups excluding carboxylic acids is 6. The monoisotopic (exact) mass is 1250 g/mol. The molecule has 20 heteroatoms. The second-order valence-electron chi connectivity index (χ2n) is 21.3. The van der Waals surface area contributed by atoms with E-state index in [-0.39, 0.29) is 83.5 Å². The Kier molecular flexibility index (Phi) is 27.8. The quantitative estimate of drug-likeness (QED) is 0.0728. The summed E-state index contributed by atoms with van der Waals surface area (Å²) >= 11 is 41.5. The van der Waals surface area contributed by atoms with Gasteiger partial charge in [-0.15, -0.1) is 0 Å². The van der Waals surface area contributed by atoms with Gasteiger partial charge < -0.3 is 28.8 Å². The number of carbonyl (C=O) groups is 6. The third kappa shape index (κ3) is 17.8. The van der Waals surface area contributed by atoms with Crippen LogP contribution in [0, 0.1) is 10.8 Å². The molecule has 0 radical (unpaired) electrons. The van der Waals surface area contributed by atoms with Gasteiger partial charge in [0.15, 0.2) is 11.4 Å². The number of rotatable bonds is 12. The van der Waals surface area contributed by atoms with Crippen LogP contribution in [0.25, 0.3) is 11.1 Å². The van der Waals surface area contributed by atoms with Gasteiger partial charge in [-0.1, -0.05) is 148 Å². The maximum atomic E-state index is 12.8. The normalized spacial score (nSPS) is 17.8. The first kappa shape index (κ1) is 71.3. The van der Waals surface area contributed by atoms with E-state index < -0.39 is 46.1 Å². The van der Waals surface area contributed by atoms with Crippen molar-refractivity contribution >= 4 is 127 Å². The molecule has 434 valence electrons. The second-order valence-corrected chi connectivity index (χ2v) is 24.2. The fourth-order valence-corrected chi connectivity index (χ4v) is 11.0. The van der Waals surface area contributed by atoms with Gasteiger partial charge in [0, 0.05) is 36.6 Å². The van der Waals surface area contributed by atoms with Crippen LogP contribution in [0.1, 0.15) is 182 Å². The summed E-state index contributed by atoms with van der Waals surface area (Å²) in [7, 11) is 0. The maximum Gasteiger partial charge on any atom is 1.00 e. The molecule has 0 unspecified atom stereocenters. The summed E-state index contributed by atoms with van der Waals surface area (Å²) in [5.74, 6) is -2.29. The summed E-state index contributed by atoms with van der Waals surface area (Å²) in [6.07, 6.45) is 13.4. The molecular formula is C60H72Cl7NaO12. The minimum Gasteiger partial charge on any atom is -0.872 e. The summed E-state index contributed by atoms with van der Waals surface area (Å²) in [5.41, 5.74) is -2.17. The zero-order valence-corrected chi connectivity index (χ0v) is 53.5. The van der Waals surface area contributed by atoms with Gasteiger partial charge in [0.1, 0.15) is 11.2 Å². The topological polar surface area (TPSA) is 172 Å². The van der Waals surface area contributed by atoms with Gasteiger partial charge in [-0.05, 0) is 164 Å². The SMILES string of the molecule is C.CCC(C)(C)C(=O)Cl.CCC(C)(C)C(=O)OC1=C(c2ccc(Cl)cc2Cl)C(=O)OC12CCCCC2.CCOC(=O)C1(OC(=O)Cc2ccc(Cl)cc2Cl)CCCCC1.O=C1OC2(CCCCC2)C([O-])=C1c1ccc(Cl)cc1Cl.[Na+]. The molecule has 0 N–H and O–H groups in total. The third-order valence-corrected chi connectivity index (χ3v) is 17.2. The Balaban J connectivity index is 0.000000294. The molecule has 2 aliphatic heterocycles. The molecule has 3 aromatic carbocycles. The predicted octanol–water partition coefficient (Wildman–Crippen LogP) is 13.4. The molecule has 2 spiro atoms. The molecule has 5 aliphatic rings. The van der Waals surface area contributed by atoms with Crippen molar-refractivity contribution < 1.29 is 87.1 Å². The molecular weight excluding hydrogens is 1180 g/mol. The number of ether oxygens (including phenoxy) is 5. The summed E-state index contributed by atoms with van der Waals surface area (Å²) in [6.45, 7) is 13.2. The van der Waals surface area contributed by atoms with Crippen LogP contribution in [0.2, 0.25) is 30.1 Å². The fraction of sp³-hybridized carbons (Fsp3) is 0.533. The van der Waals surface area contributed by atoms with Gasteiger partial charge in [0.05, 0.1) is 34.1 Å². The molecule has 0 bridgehead atoms. The van der Waals surface area contributed by atoms with E-state index in [0.717, 1.165) is 64.2 Å². The van der Waals surface area contributed by atoms with E-state index in [1.807, 2.05) is 41.5 Å². The summed E-state index contributed by atoms with van der Waals surface area (Å²) in [5, 5.41) is 14.9. The van der Waals surface area contributed by atoms with Crippen molar-refractivity contribution in [3.05, 3.63) is 113 Å². The molecule has 12 nitrogen and oxygen atoms in total. The van der Waals surface area contributed by atoms with Crippen LogP contribution in [-0.2, 0) is 58.9 Å². The first-order valence-corrected chi connectivity index (χ1v) is 29.1. The van der Waals surface area contributed by atoms with E-state index in [9.17, 15) is 33.9 Å².